The summed E-state index contributed by atoms with van der Waals surface area (Å²) in [5.41, 5.74) is 4.03. The van der Waals surface area contributed by atoms with E-state index in [4.69, 9.17) is 9.47 Å². The molecule has 1 aromatic carbocycles. The Balaban J connectivity index is 1.50. The number of halogens is 2. The molecule has 5 rings (SSSR count). The number of fused-ring (bicyclic) bond motifs is 1. The summed E-state index contributed by atoms with van der Waals surface area (Å²) >= 11 is 0. The van der Waals surface area contributed by atoms with Crippen LogP contribution in [0.15, 0.2) is 36.7 Å². The second-order valence-corrected chi connectivity index (χ2v) is 12.5. The molecule has 0 amide bonds. The molecule has 1 saturated heterocycles. The molecule has 3 heterocycles. The van der Waals surface area contributed by atoms with Crippen LogP contribution in [0.5, 0.6) is 0 Å². The van der Waals surface area contributed by atoms with Gasteiger partial charge in [0.1, 0.15) is 11.3 Å². The maximum atomic E-state index is 14.0. The summed E-state index contributed by atoms with van der Waals surface area (Å²) < 4.78 is 40.1. The van der Waals surface area contributed by atoms with E-state index in [1.807, 2.05) is 39.8 Å². The van der Waals surface area contributed by atoms with E-state index in [2.05, 4.69) is 22.9 Å². The Kier molecular flexibility index (Phi) is 7.01. The molecule has 40 heavy (non-hydrogen) atoms. The lowest BCUT2D eigenvalue weighted by Crippen LogP contribution is -2.53. The number of carbonyl (C=O) groups is 2. The molecule has 1 aliphatic heterocycles. The average molecular weight is 554 g/mol. The lowest BCUT2D eigenvalue weighted by molar-refractivity contribution is -0.186. The molecular formula is C31H37F2N3O4. The van der Waals surface area contributed by atoms with Crippen molar-refractivity contribution in [3.63, 3.8) is 0 Å². The van der Waals surface area contributed by atoms with Crippen molar-refractivity contribution in [2.75, 3.05) is 13.7 Å². The van der Waals surface area contributed by atoms with Crippen LogP contribution in [0.3, 0.4) is 0 Å². The molecule has 2 aromatic heterocycles. The zero-order valence-electron chi connectivity index (χ0n) is 24.0. The SMILES string of the molecule is COC(=O)c1ccc([C@@H]2CC3(CCN2Cc2c(C)cc(C)c4c2ccn4C(=O)OC(C)(C)C)CC(F)(F)C3)cn1. The molecule has 0 unspecified atom stereocenters. The van der Waals surface area contributed by atoms with Crippen molar-refractivity contribution >= 4 is 23.0 Å². The fourth-order valence-electron chi connectivity index (χ4n) is 6.54. The first-order valence-electron chi connectivity index (χ1n) is 13.7. The Morgan fingerprint density at radius 2 is 1.85 bits per heavy atom. The summed E-state index contributed by atoms with van der Waals surface area (Å²) in [5, 5.41) is 0.969. The molecule has 1 aliphatic carbocycles. The van der Waals surface area contributed by atoms with Crippen molar-refractivity contribution in [2.45, 2.75) is 84.4 Å². The molecule has 1 spiro atoms. The molecule has 214 valence electrons. The van der Waals surface area contributed by atoms with Crippen molar-refractivity contribution in [1.82, 2.24) is 14.5 Å². The number of piperidine rings is 1. The summed E-state index contributed by atoms with van der Waals surface area (Å²) in [5.74, 6) is -3.13. The number of benzene rings is 1. The van der Waals surface area contributed by atoms with Crippen LogP contribution in [0.4, 0.5) is 13.6 Å². The van der Waals surface area contributed by atoms with Gasteiger partial charge in [0.25, 0.3) is 0 Å². The van der Waals surface area contributed by atoms with E-state index in [-0.39, 0.29) is 24.6 Å². The number of hydrogen-bond donors (Lipinski definition) is 0. The number of pyridine rings is 1. The normalized spacial score (nSPS) is 20.4. The van der Waals surface area contributed by atoms with Gasteiger partial charge >= 0.3 is 12.1 Å². The van der Waals surface area contributed by atoms with Crippen LogP contribution in [0.2, 0.25) is 0 Å². The van der Waals surface area contributed by atoms with Gasteiger partial charge in [0.15, 0.2) is 0 Å². The predicted octanol–water partition coefficient (Wildman–Crippen LogP) is 6.98. The summed E-state index contributed by atoms with van der Waals surface area (Å²) in [4.78, 5) is 31.6. The van der Waals surface area contributed by atoms with Gasteiger partial charge in [-0.25, -0.2) is 23.4 Å². The number of alkyl halides is 2. The number of aryl methyl sites for hydroxylation is 2. The van der Waals surface area contributed by atoms with Crippen molar-refractivity contribution in [3.8, 4) is 0 Å². The number of nitrogens with zero attached hydrogens (tertiary/aromatic N) is 3. The summed E-state index contributed by atoms with van der Waals surface area (Å²) in [7, 11) is 1.31. The van der Waals surface area contributed by atoms with Gasteiger partial charge in [-0.3, -0.25) is 9.47 Å². The minimum Gasteiger partial charge on any atom is -0.464 e. The van der Waals surface area contributed by atoms with E-state index in [0.29, 0.717) is 25.9 Å². The lowest BCUT2D eigenvalue weighted by Gasteiger charge is -2.54. The number of aromatic nitrogens is 2. The monoisotopic (exact) mass is 553 g/mol. The lowest BCUT2D eigenvalue weighted by atomic mass is 9.59. The molecular weight excluding hydrogens is 516 g/mol. The smallest absolute Gasteiger partial charge is 0.418 e. The van der Waals surface area contributed by atoms with Crippen LogP contribution in [-0.4, -0.2) is 51.7 Å². The van der Waals surface area contributed by atoms with Crippen LogP contribution >= 0.6 is 0 Å². The average Bonchev–Trinajstić information content (AvgIpc) is 3.31. The minimum absolute atomic E-state index is 0.0927. The Hall–Kier alpha value is -3.33. The van der Waals surface area contributed by atoms with Gasteiger partial charge in [0.2, 0.25) is 5.92 Å². The molecule has 0 N–H and O–H groups in total. The van der Waals surface area contributed by atoms with Gasteiger partial charge in [-0.1, -0.05) is 12.1 Å². The Morgan fingerprint density at radius 1 is 1.12 bits per heavy atom. The molecule has 2 aliphatic rings. The quantitative estimate of drug-likeness (QED) is 0.325. The Labute approximate surface area is 233 Å². The van der Waals surface area contributed by atoms with Gasteiger partial charge in [-0.2, -0.15) is 0 Å². The van der Waals surface area contributed by atoms with Crippen LogP contribution in [-0.2, 0) is 16.0 Å². The third-order valence-corrected chi connectivity index (χ3v) is 8.27. The highest BCUT2D eigenvalue weighted by Crippen LogP contribution is 2.60. The van der Waals surface area contributed by atoms with Crippen molar-refractivity contribution in [2.24, 2.45) is 5.41 Å². The number of likely N-dealkylation sites (tertiary alicyclic amines) is 1. The van der Waals surface area contributed by atoms with Gasteiger partial charge < -0.3 is 9.47 Å². The van der Waals surface area contributed by atoms with Gasteiger partial charge in [0.05, 0.1) is 12.6 Å². The van der Waals surface area contributed by atoms with Crippen LogP contribution < -0.4 is 0 Å². The minimum atomic E-state index is -2.61. The highest BCUT2D eigenvalue weighted by molar-refractivity contribution is 5.94. The molecule has 1 atom stereocenters. The van der Waals surface area contributed by atoms with Gasteiger partial charge in [0, 0.05) is 43.2 Å². The van der Waals surface area contributed by atoms with E-state index >= 15 is 0 Å². The molecule has 7 nitrogen and oxygen atoms in total. The molecule has 1 saturated carbocycles. The second kappa shape index (κ2) is 9.94. The van der Waals surface area contributed by atoms with E-state index in [9.17, 15) is 18.4 Å². The number of rotatable bonds is 4. The van der Waals surface area contributed by atoms with Crippen LogP contribution in [0, 0.1) is 19.3 Å². The third-order valence-electron chi connectivity index (χ3n) is 8.27. The molecule has 9 heteroatoms. The van der Waals surface area contributed by atoms with Crippen LogP contribution in [0.1, 0.15) is 85.2 Å². The molecule has 0 radical (unpaired) electrons. The second-order valence-electron chi connectivity index (χ2n) is 12.5. The molecule has 2 fully saturated rings. The summed E-state index contributed by atoms with van der Waals surface area (Å²) in [6.45, 7) is 10.8. The summed E-state index contributed by atoms with van der Waals surface area (Å²) in [6.07, 6.45) is 4.09. The summed E-state index contributed by atoms with van der Waals surface area (Å²) in [6, 6.07) is 7.37. The third kappa shape index (κ3) is 5.36. The Morgan fingerprint density at radius 3 is 2.45 bits per heavy atom. The number of ether oxygens (including phenoxy) is 2. The van der Waals surface area contributed by atoms with E-state index in [1.54, 1.807) is 23.0 Å². The van der Waals surface area contributed by atoms with Gasteiger partial charge in [-0.05, 0) is 93.8 Å². The first-order chi connectivity index (χ1) is 18.7. The molecule has 3 aromatic rings. The zero-order valence-corrected chi connectivity index (χ0v) is 24.0. The number of esters is 1. The largest absolute Gasteiger partial charge is 0.464 e. The first kappa shape index (κ1) is 28.2. The zero-order chi connectivity index (χ0) is 29.0. The fraction of sp³-hybridized carbons (Fsp3) is 0.516. The van der Waals surface area contributed by atoms with E-state index < -0.39 is 29.0 Å². The van der Waals surface area contributed by atoms with Crippen molar-refractivity contribution in [3.05, 3.63) is 64.6 Å². The Bertz CT molecular complexity index is 1450. The first-order valence-corrected chi connectivity index (χ1v) is 13.7. The predicted molar refractivity (Wildman–Crippen MR) is 148 cm³/mol. The standard InChI is InChI=1S/C31H37F2N3O4/c1-19-13-20(2)26-22(9-11-36(26)28(38)40-29(3,4)5)23(19)16-35-12-10-30(17-31(32,33)18-30)14-25(35)21-7-8-24(34-15-21)27(37)39-6/h7-9,11,13,15,25H,10,12,14,16-18H2,1-6H3/t25-/m0/s1. The molecule has 0 bridgehead atoms. The van der Waals surface area contributed by atoms with Gasteiger partial charge in [-0.15, -0.1) is 0 Å². The topological polar surface area (TPSA) is 73.7 Å². The highest BCUT2D eigenvalue weighted by atomic mass is 19.3. The highest BCUT2D eigenvalue weighted by Gasteiger charge is 2.58. The van der Waals surface area contributed by atoms with Crippen molar-refractivity contribution < 1.29 is 27.8 Å². The number of methoxy groups -OCH3 is 1. The number of hydrogen-bond acceptors (Lipinski definition) is 6. The van der Waals surface area contributed by atoms with E-state index in [0.717, 1.165) is 33.2 Å². The van der Waals surface area contributed by atoms with Crippen molar-refractivity contribution in [1.29, 1.82) is 0 Å². The number of carbonyl (C=O) groups excluding carboxylic acids is 2. The maximum Gasteiger partial charge on any atom is 0.418 e. The van der Waals surface area contributed by atoms with E-state index in [1.165, 1.54) is 7.11 Å². The maximum absolute atomic E-state index is 14.0. The fourth-order valence-corrected chi connectivity index (χ4v) is 6.54. The van der Waals surface area contributed by atoms with Crippen LogP contribution in [0.25, 0.3) is 10.9 Å².